The van der Waals surface area contributed by atoms with Crippen LogP contribution in [-0.4, -0.2) is 14.3 Å². The van der Waals surface area contributed by atoms with Crippen LogP contribution in [0.25, 0.3) is 0 Å². The van der Waals surface area contributed by atoms with Crippen molar-refractivity contribution in [3.8, 4) is 0 Å². The van der Waals surface area contributed by atoms with E-state index in [1.54, 1.807) is 12.1 Å². The molecule has 0 atom stereocenters. The van der Waals surface area contributed by atoms with Crippen LogP contribution in [-0.2, 0) is 29.2 Å². The minimum atomic E-state index is -4.46. The predicted molar refractivity (Wildman–Crippen MR) is 91.0 cm³/mol. The topological polar surface area (TPSA) is 46.2 Å². The Morgan fingerprint density at radius 3 is 2.28 bits per heavy atom. The Bertz CT molecular complexity index is 805. The fourth-order valence-electron chi connectivity index (χ4n) is 2.23. The van der Waals surface area contributed by atoms with Crippen molar-refractivity contribution in [2.75, 3.05) is 5.88 Å². The lowest BCUT2D eigenvalue weighted by Gasteiger charge is -2.10. The van der Waals surface area contributed by atoms with Crippen LogP contribution in [0.4, 0.5) is 13.2 Å². The average molecular weight is 392 g/mol. The smallest absolute Gasteiger partial charge is 0.207 e. The first-order chi connectivity index (χ1) is 11.7. The van der Waals surface area contributed by atoms with Crippen LogP contribution in [0.1, 0.15) is 23.1 Å². The Kier molecular flexibility index (Phi) is 6.48. The first-order valence-electron chi connectivity index (χ1n) is 7.53. The Balaban J connectivity index is 2.06. The maximum absolute atomic E-state index is 12.7. The number of aryl methyl sites for hydroxylation is 1. The molecule has 1 N–H and O–H groups in total. The van der Waals surface area contributed by atoms with Crippen molar-refractivity contribution in [3.63, 3.8) is 0 Å². The Labute approximate surface area is 149 Å². The molecular weight excluding hydrogens is 375 g/mol. The quantitative estimate of drug-likeness (QED) is 0.713. The predicted octanol–water partition coefficient (Wildman–Crippen LogP) is 4.36. The monoisotopic (exact) mass is 391 g/mol. The van der Waals surface area contributed by atoms with Crippen molar-refractivity contribution < 1.29 is 21.6 Å². The minimum Gasteiger partial charge on any atom is -0.207 e. The average Bonchev–Trinajstić information content (AvgIpc) is 2.58. The molecule has 0 saturated carbocycles. The number of rotatable bonds is 7. The van der Waals surface area contributed by atoms with Gasteiger partial charge in [-0.2, -0.15) is 13.2 Å². The van der Waals surface area contributed by atoms with Crippen molar-refractivity contribution in [3.05, 3.63) is 65.2 Å². The molecule has 0 bridgehead atoms. The molecule has 0 unspecified atom stereocenters. The van der Waals surface area contributed by atoms with Gasteiger partial charge < -0.3 is 0 Å². The van der Waals surface area contributed by atoms with Gasteiger partial charge in [-0.05, 0) is 42.2 Å². The largest absolute Gasteiger partial charge is 0.416 e. The van der Waals surface area contributed by atoms with Crippen molar-refractivity contribution in [1.29, 1.82) is 0 Å². The summed E-state index contributed by atoms with van der Waals surface area (Å²) < 4.78 is 64.9. The van der Waals surface area contributed by atoms with Gasteiger partial charge in [0.25, 0.3) is 0 Å². The van der Waals surface area contributed by atoms with Gasteiger partial charge >= 0.3 is 6.18 Å². The first-order valence-corrected chi connectivity index (χ1v) is 9.55. The number of benzene rings is 2. The zero-order chi connectivity index (χ0) is 18.5. The molecule has 0 aliphatic carbocycles. The van der Waals surface area contributed by atoms with Crippen LogP contribution in [0.15, 0.2) is 53.4 Å². The summed E-state index contributed by atoms with van der Waals surface area (Å²) in [6, 6.07) is 10.9. The summed E-state index contributed by atoms with van der Waals surface area (Å²) in [4.78, 5) is 0.0640. The van der Waals surface area contributed by atoms with E-state index in [0.29, 0.717) is 5.88 Å². The summed E-state index contributed by atoms with van der Waals surface area (Å²) in [5, 5.41) is 0. The number of nitrogens with one attached hydrogen (secondary N) is 1. The Morgan fingerprint density at radius 1 is 1.00 bits per heavy atom. The molecule has 0 heterocycles. The van der Waals surface area contributed by atoms with Crippen LogP contribution in [0.2, 0.25) is 0 Å². The van der Waals surface area contributed by atoms with Crippen LogP contribution in [0, 0.1) is 0 Å². The maximum atomic E-state index is 12.7. The van der Waals surface area contributed by atoms with Crippen molar-refractivity contribution in [1.82, 2.24) is 4.72 Å². The van der Waals surface area contributed by atoms with E-state index in [-0.39, 0.29) is 17.0 Å². The molecule has 0 spiro atoms. The summed E-state index contributed by atoms with van der Waals surface area (Å²) in [5.41, 5.74) is 0.391. The highest BCUT2D eigenvalue weighted by atomic mass is 35.5. The number of alkyl halides is 4. The van der Waals surface area contributed by atoms with Gasteiger partial charge in [0, 0.05) is 12.4 Å². The molecule has 0 amide bonds. The standard InChI is InChI=1S/C17H17ClF3NO2S/c18-10-2-4-13-6-8-16(9-7-13)25(23,24)22-12-14-3-1-5-15(11-14)17(19,20)21/h1,3,5-9,11,22H,2,4,10,12H2. The van der Waals surface area contributed by atoms with E-state index in [1.165, 1.54) is 24.3 Å². The molecule has 0 aromatic heterocycles. The lowest BCUT2D eigenvalue weighted by Crippen LogP contribution is -2.23. The highest BCUT2D eigenvalue weighted by Crippen LogP contribution is 2.29. The third kappa shape index (κ3) is 5.73. The van der Waals surface area contributed by atoms with E-state index in [1.807, 2.05) is 0 Å². The second-order valence-electron chi connectivity index (χ2n) is 5.46. The second kappa shape index (κ2) is 8.21. The van der Waals surface area contributed by atoms with E-state index in [0.717, 1.165) is 30.5 Å². The van der Waals surface area contributed by atoms with Gasteiger partial charge in [0.15, 0.2) is 0 Å². The number of halogens is 4. The molecule has 0 aliphatic heterocycles. The van der Waals surface area contributed by atoms with Gasteiger partial charge in [-0.1, -0.05) is 30.3 Å². The maximum Gasteiger partial charge on any atom is 0.416 e. The Hall–Kier alpha value is -1.57. The highest BCUT2D eigenvalue weighted by Gasteiger charge is 2.30. The second-order valence-corrected chi connectivity index (χ2v) is 7.60. The molecular formula is C17H17ClF3NO2S. The van der Waals surface area contributed by atoms with Gasteiger partial charge in [-0.3, -0.25) is 0 Å². The van der Waals surface area contributed by atoms with Crippen LogP contribution < -0.4 is 4.72 Å². The summed E-state index contributed by atoms with van der Waals surface area (Å²) in [6.45, 7) is -0.222. The zero-order valence-electron chi connectivity index (χ0n) is 13.2. The molecule has 8 heteroatoms. The molecule has 136 valence electrons. The third-order valence-electron chi connectivity index (χ3n) is 3.55. The molecule has 2 rings (SSSR count). The molecule has 3 nitrogen and oxygen atoms in total. The number of hydrogen-bond acceptors (Lipinski definition) is 2. The van der Waals surface area contributed by atoms with Crippen LogP contribution in [0.5, 0.6) is 0 Å². The highest BCUT2D eigenvalue weighted by molar-refractivity contribution is 7.89. The Morgan fingerprint density at radius 2 is 1.68 bits per heavy atom. The van der Waals surface area contributed by atoms with Crippen LogP contribution in [0.3, 0.4) is 0 Å². The van der Waals surface area contributed by atoms with E-state index < -0.39 is 21.8 Å². The summed E-state index contributed by atoms with van der Waals surface area (Å²) in [5.74, 6) is 0.526. The molecule has 0 fully saturated rings. The zero-order valence-corrected chi connectivity index (χ0v) is 14.8. The van der Waals surface area contributed by atoms with Crippen LogP contribution >= 0.6 is 11.6 Å². The molecule has 0 saturated heterocycles. The lowest BCUT2D eigenvalue weighted by molar-refractivity contribution is -0.137. The molecule has 0 radical (unpaired) electrons. The van der Waals surface area contributed by atoms with Gasteiger partial charge in [0.2, 0.25) is 10.0 Å². The number of sulfonamides is 1. The molecule has 25 heavy (non-hydrogen) atoms. The van der Waals surface area contributed by atoms with Crippen molar-refractivity contribution >= 4 is 21.6 Å². The van der Waals surface area contributed by atoms with E-state index in [9.17, 15) is 21.6 Å². The van der Waals surface area contributed by atoms with Gasteiger partial charge in [0.1, 0.15) is 0 Å². The summed E-state index contributed by atoms with van der Waals surface area (Å²) in [6.07, 6.45) is -2.92. The van der Waals surface area contributed by atoms with E-state index in [4.69, 9.17) is 11.6 Å². The van der Waals surface area contributed by atoms with Gasteiger partial charge in [0.05, 0.1) is 10.5 Å². The minimum absolute atomic E-state index is 0.0640. The fourth-order valence-corrected chi connectivity index (χ4v) is 3.38. The molecule has 2 aromatic rings. The fraction of sp³-hybridized carbons (Fsp3) is 0.294. The summed E-state index contributed by atoms with van der Waals surface area (Å²) >= 11 is 5.62. The van der Waals surface area contributed by atoms with Gasteiger partial charge in [-0.25, -0.2) is 13.1 Å². The SMILES string of the molecule is O=S(=O)(NCc1cccc(C(F)(F)F)c1)c1ccc(CCCCl)cc1. The normalized spacial score (nSPS) is 12.3. The van der Waals surface area contributed by atoms with E-state index >= 15 is 0 Å². The van der Waals surface area contributed by atoms with E-state index in [2.05, 4.69) is 4.72 Å². The van der Waals surface area contributed by atoms with Gasteiger partial charge in [-0.15, -0.1) is 11.6 Å². The third-order valence-corrected chi connectivity index (χ3v) is 5.24. The van der Waals surface area contributed by atoms with Crippen molar-refractivity contribution in [2.45, 2.75) is 30.5 Å². The summed E-state index contributed by atoms with van der Waals surface area (Å²) in [7, 11) is -3.80. The first kappa shape index (κ1) is 19.8. The van der Waals surface area contributed by atoms with Crippen molar-refractivity contribution in [2.24, 2.45) is 0 Å². The molecule has 2 aromatic carbocycles. The number of hydrogen-bond donors (Lipinski definition) is 1. The lowest BCUT2D eigenvalue weighted by atomic mass is 10.1. The molecule has 0 aliphatic rings.